The Morgan fingerprint density at radius 2 is 1.77 bits per heavy atom. The first-order valence-electron chi connectivity index (χ1n) is 9.08. The highest BCUT2D eigenvalue weighted by Crippen LogP contribution is 2.20. The van der Waals surface area contributed by atoms with Gasteiger partial charge in [0.25, 0.3) is 0 Å². The summed E-state index contributed by atoms with van der Waals surface area (Å²) in [7, 11) is 0. The second kappa shape index (κ2) is 9.19. The zero-order valence-corrected chi connectivity index (χ0v) is 15.9. The van der Waals surface area contributed by atoms with E-state index in [2.05, 4.69) is 29.3 Å². The van der Waals surface area contributed by atoms with Gasteiger partial charge in [-0.3, -0.25) is 9.69 Å². The van der Waals surface area contributed by atoms with Gasteiger partial charge < -0.3 is 5.32 Å². The van der Waals surface area contributed by atoms with E-state index in [0.717, 1.165) is 23.0 Å². The van der Waals surface area contributed by atoms with E-state index in [0.29, 0.717) is 5.75 Å². The lowest BCUT2D eigenvalue weighted by atomic mass is 9.99. The average Bonchev–Trinajstić information content (AvgIpc) is 2.65. The molecule has 1 saturated heterocycles. The molecule has 0 bridgehead atoms. The summed E-state index contributed by atoms with van der Waals surface area (Å²) in [6.45, 7) is 5.63. The van der Waals surface area contributed by atoms with E-state index in [-0.39, 0.29) is 11.7 Å². The van der Waals surface area contributed by atoms with E-state index in [1.807, 2.05) is 12.1 Å². The van der Waals surface area contributed by atoms with Crippen molar-refractivity contribution in [2.24, 2.45) is 5.92 Å². The van der Waals surface area contributed by atoms with Crippen LogP contribution in [0.3, 0.4) is 0 Å². The molecular formula is C21H25FN2OS. The number of nitrogens with zero attached hydrogens (tertiary/aromatic N) is 1. The Labute approximate surface area is 159 Å². The van der Waals surface area contributed by atoms with Gasteiger partial charge in [0.1, 0.15) is 5.82 Å². The third kappa shape index (κ3) is 5.85. The molecule has 1 aliphatic rings. The van der Waals surface area contributed by atoms with E-state index < -0.39 is 0 Å². The topological polar surface area (TPSA) is 32.3 Å². The highest BCUT2D eigenvalue weighted by atomic mass is 32.2. The predicted molar refractivity (Wildman–Crippen MR) is 106 cm³/mol. The first kappa shape index (κ1) is 18.9. The van der Waals surface area contributed by atoms with Crippen molar-refractivity contribution in [2.75, 3.05) is 24.2 Å². The van der Waals surface area contributed by atoms with Crippen LogP contribution in [-0.2, 0) is 11.3 Å². The molecule has 1 fully saturated rings. The normalized spacial score (nSPS) is 15.8. The van der Waals surface area contributed by atoms with Crippen molar-refractivity contribution in [1.29, 1.82) is 0 Å². The summed E-state index contributed by atoms with van der Waals surface area (Å²) in [6.07, 6.45) is 2.56. The van der Waals surface area contributed by atoms with E-state index in [4.69, 9.17) is 0 Å². The number of likely N-dealkylation sites (tertiary alicyclic amines) is 1. The van der Waals surface area contributed by atoms with Gasteiger partial charge in [-0.2, -0.15) is 0 Å². The Kier molecular flexibility index (Phi) is 6.69. The Morgan fingerprint density at radius 1 is 1.12 bits per heavy atom. The van der Waals surface area contributed by atoms with Crippen LogP contribution < -0.4 is 5.32 Å². The van der Waals surface area contributed by atoms with Gasteiger partial charge in [0.15, 0.2) is 0 Å². The van der Waals surface area contributed by atoms with Crippen LogP contribution in [0.1, 0.15) is 25.3 Å². The molecule has 0 saturated carbocycles. The number of piperidine rings is 1. The zero-order chi connectivity index (χ0) is 18.4. The van der Waals surface area contributed by atoms with Crippen LogP contribution in [0.4, 0.5) is 10.1 Å². The Morgan fingerprint density at radius 3 is 2.42 bits per heavy atom. The molecule has 138 valence electrons. The third-order valence-electron chi connectivity index (χ3n) is 4.70. The molecule has 0 aliphatic carbocycles. The summed E-state index contributed by atoms with van der Waals surface area (Å²) >= 11 is 1.40. The van der Waals surface area contributed by atoms with Crippen molar-refractivity contribution >= 4 is 23.4 Å². The molecular weight excluding hydrogens is 347 g/mol. The number of benzene rings is 2. The van der Waals surface area contributed by atoms with E-state index >= 15 is 0 Å². The predicted octanol–water partition coefficient (Wildman–Crippen LogP) is 4.79. The molecule has 2 aromatic rings. The SMILES string of the molecule is CC1CCN(Cc2ccc(NC(=O)CSc3ccc(F)cc3)cc2)CC1. The van der Waals surface area contributed by atoms with Crippen molar-refractivity contribution in [1.82, 2.24) is 4.90 Å². The number of hydrogen-bond donors (Lipinski definition) is 1. The standard InChI is InChI=1S/C21H25FN2OS/c1-16-10-12-24(13-11-16)14-17-2-6-19(7-3-17)23-21(25)15-26-20-8-4-18(22)5-9-20/h2-9,16H,10-15H2,1H3,(H,23,25). The number of amides is 1. The Bertz CT molecular complexity index is 710. The summed E-state index contributed by atoms with van der Waals surface area (Å²) in [6, 6.07) is 14.3. The zero-order valence-electron chi connectivity index (χ0n) is 15.1. The quantitative estimate of drug-likeness (QED) is 0.740. The van der Waals surface area contributed by atoms with Crippen molar-refractivity contribution in [3.05, 3.63) is 59.9 Å². The summed E-state index contributed by atoms with van der Waals surface area (Å²) in [4.78, 5) is 15.4. The van der Waals surface area contributed by atoms with Crippen LogP contribution in [-0.4, -0.2) is 29.6 Å². The molecule has 0 aromatic heterocycles. The van der Waals surface area contributed by atoms with Crippen LogP contribution in [0, 0.1) is 11.7 Å². The molecule has 1 amide bonds. The van der Waals surface area contributed by atoms with Gasteiger partial charge in [-0.1, -0.05) is 19.1 Å². The second-order valence-electron chi connectivity index (χ2n) is 6.95. The van der Waals surface area contributed by atoms with Gasteiger partial charge in [0.2, 0.25) is 5.91 Å². The molecule has 3 nitrogen and oxygen atoms in total. The number of hydrogen-bond acceptors (Lipinski definition) is 3. The third-order valence-corrected chi connectivity index (χ3v) is 5.72. The smallest absolute Gasteiger partial charge is 0.234 e. The Hall–Kier alpha value is -1.85. The van der Waals surface area contributed by atoms with Gasteiger partial charge >= 0.3 is 0 Å². The minimum absolute atomic E-state index is 0.0582. The van der Waals surface area contributed by atoms with E-state index in [9.17, 15) is 9.18 Å². The second-order valence-corrected chi connectivity index (χ2v) is 8.00. The minimum atomic E-state index is -0.266. The van der Waals surface area contributed by atoms with Gasteiger partial charge in [0, 0.05) is 17.1 Å². The molecule has 1 aliphatic heterocycles. The number of rotatable bonds is 6. The summed E-state index contributed by atoms with van der Waals surface area (Å²) in [5.74, 6) is 0.825. The molecule has 0 atom stereocenters. The number of halogens is 1. The monoisotopic (exact) mass is 372 g/mol. The van der Waals surface area contributed by atoms with E-state index in [1.54, 1.807) is 12.1 Å². The largest absolute Gasteiger partial charge is 0.325 e. The van der Waals surface area contributed by atoms with Crippen LogP contribution in [0.5, 0.6) is 0 Å². The number of nitrogens with one attached hydrogen (secondary N) is 1. The van der Waals surface area contributed by atoms with Gasteiger partial charge in [0.05, 0.1) is 5.75 Å². The van der Waals surface area contributed by atoms with Crippen LogP contribution >= 0.6 is 11.8 Å². The van der Waals surface area contributed by atoms with Gasteiger partial charge in [-0.25, -0.2) is 4.39 Å². The molecule has 0 spiro atoms. The van der Waals surface area contributed by atoms with Crippen LogP contribution in [0.25, 0.3) is 0 Å². The minimum Gasteiger partial charge on any atom is -0.325 e. The molecule has 2 aromatic carbocycles. The molecule has 0 radical (unpaired) electrons. The molecule has 5 heteroatoms. The lowest BCUT2D eigenvalue weighted by molar-refractivity contribution is -0.113. The van der Waals surface area contributed by atoms with Crippen molar-refractivity contribution in [3.63, 3.8) is 0 Å². The van der Waals surface area contributed by atoms with Crippen molar-refractivity contribution in [2.45, 2.75) is 31.2 Å². The van der Waals surface area contributed by atoms with Crippen molar-refractivity contribution < 1.29 is 9.18 Å². The van der Waals surface area contributed by atoms with Crippen LogP contribution in [0.15, 0.2) is 53.4 Å². The van der Waals surface area contributed by atoms with E-state index in [1.165, 1.54) is 55.4 Å². The number of carbonyl (C=O) groups is 1. The first-order chi connectivity index (χ1) is 12.6. The fourth-order valence-electron chi connectivity index (χ4n) is 3.05. The molecule has 1 N–H and O–H groups in total. The first-order valence-corrected chi connectivity index (χ1v) is 10.1. The highest BCUT2D eigenvalue weighted by molar-refractivity contribution is 8.00. The summed E-state index contributed by atoms with van der Waals surface area (Å²) in [5.41, 5.74) is 2.09. The number of thioether (sulfide) groups is 1. The van der Waals surface area contributed by atoms with Crippen LogP contribution in [0.2, 0.25) is 0 Å². The lowest BCUT2D eigenvalue weighted by Crippen LogP contribution is -2.32. The van der Waals surface area contributed by atoms with Crippen molar-refractivity contribution in [3.8, 4) is 0 Å². The maximum atomic E-state index is 12.9. The maximum Gasteiger partial charge on any atom is 0.234 e. The molecule has 26 heavy (non-hydrogen) atoms. The highest BCUT2D eigenvalue weighted by Gasteiger charge is 2.15. The number of carbonyl (C=O) groups excluding carboxylic acids is 1. The lowest BCUT2D eigenvalue weighted by Gasteiger charge is -2.30. The molecule has 1 heterocycles. The Balaban J connectivity index is 1.44. The number of anilines is 1. The van der Waals surface area contributed by atoms with Gasteiger partial charge in [-0.05, 0) is 73.8 Å². The summed E-state index contributed by atoms with van der Waals surface area (Å²) < 4.78 is 12.9. The summed E-state index contributed by atoms with van der Waals surface area (Å²) in [5, 5.41) is 2.91. The maximum absolute atomic E-state index is 12.9. The molecule has 3 rings (SSSR count). The van der Waals surface area contributed by atoms with Gasteiger partial charge in [-0.15, -0.1) is 11.8 Å². The fourth-order valence-corrected chi connectivity index (χ4v) is 3.75. The average molecular weight is 373 g/mol. The fraction of sp³-hybridized carbons (Fsp3) is 0.381. The molecule has 0 unspecified atom stereocenters.